The minimum Gasteiger partial charge on any atom is -0.487 e. The Morgan fingerprint density at radius 2 is 2.30 bits per heavy atom. The van der Waals surface area contributed by atoms with Crippen molar-refractivity contribution in [3.8, 4) is 5.75 Å². The van der Waals surface area contributed by atoms with Crippen LogP contribution in [0.5, 0.6) is 5.75 Å². The number of rotatable bonds is 5. The molecule has 2 rings (SSSR count). The summed E-state index contributed by atoms with van der Waals surface area (Å²) in [6, 6.07) is 6.76. The van der Waals surface area contributed by atoms with Gasteiger partial charge in [0.15, 0.2) is 0 Å². The number of carbonyl (C=O) groups is 2. The predicted octanol–water partition coefficient (Wildman–Crippen LogP) is 1.50. The lowest BCUT2D eigenvalue weighted by Crippen LogP contribution is -2.44. The Balaban J connectivity index is 1.78. The van der Waals surface area contributed by atoms with E-state index in [1.165, 1.54) is 0 Å². The van der Waals surface area contributed by atoms with Crippen LogP contribution in [0.4, 0.5) is 0 Å². The van der Waals surface area contributed by atoms with Crippen molar-refractivity contribution in [3.05, 3.63) is 29.3 Å². The molecule has 108 valence electrons. The molecule has 0 radical (unpaired) electrons. The first-order chi connectivity index (χ1) is 9.56. The van der Waals surface area contributed by atoms with Gasteiger partial charge in [0.05, 0.1) is 11.6 Å². The molecule has 2 atom stereocenters. The Labute approximate surface area is 122 Å². The number of hydrogen-bond acceptors (Lipinski definition) is 3. The molecular formula is C14H17ClN2O3. The van der Waals surface area contributed by atoms with Crippen LogP contribution in [0.3, 0.4) is 0 Å². The number of nitrogens with one attached hydrogen (secondary N) is 2. The van der Waals surface area contributed by atoms with Crippen LogP contribution in [0.25, 0.3) is 0 Å². The molecule has 20 heavy (non-hydrogen) atoms. The highest BCUT2D eigenvalue weighted by atomic mass is 35.5. The summed E-state index contributed by atoms with van der Waals surface area (Å²) in [5.74, 6) is 0.334. The lowest BCUT2D eigenvalue weighted by atomic mass is 10.2. The number of ether oxygens (including phenoxy) is 1. The van der Waals surface area contributed by atoms with Crippen LogP contribution in [0.2, 0.25) is 5.02 Å². The molecule has 2 amide bonds. The molecule has 5 nitrogen and oxygen atoms in total. The molecule has 2 N–H and O–H groups in total. The van der Waals surface area contributed by atoms with Crippen LogP contribution < -0.4 is 15.4 Å². The maximum absolute atomic E-state index is 11.8. The average Bonchev–Trinajstić information content (AvgIpc) is 2.85. The number of carbonyl (C=O) groups excluding carboxylic acids is 2. The Morgan fingerprint density at radius 1 is 1.55 bits per heavy atom. The Kier molecular flexibility index (Phi) is 4.84. The van der Waals surface area contributed by atoms with Gasteiger partial charge in [0.1, 0.15) is 17.9 Å². The molecule has 0 spiro atoms. The maximum Gasteiger partial charge on any atom is 0.242 e. The minimum absolute atomic E-state index is 0.0782. The van der Waals surface area contributed by atoms with Crippen molar-refractivity contribution in [1.82, 2.24) is 10.6 Å². The number of benzene rings is 1. The SMILES string of the molecule is C[C@H](CNC(=O)[C@H]1CCC(=O)N1)Oc1ccccc1Cl. The van der Waals surface area contributed by atoms with Crippen molar-refractivity contribution in [3.63, 3.8) is 0 Å². The van der Waals surface area contributed by atoms with Gasteiger partial charge < -0.3 is 15.4 Å². The summed E-state index contributed by atoms with van der Waals surface area (Å²) in [5, 5.41) is 5.92. The lowest BCUT2D eigenvalue weighted by molar-refractivity contribution is -0.126. The highest BCUT2D eigenvalue weighted by Gasteiger charge is 2.27. The van der Waals surface area contributed by atoms with E-state index in [4.69, 9.17) is 16.3 Å². The molecule has 0 aromatic heterocycles. The van der Waals surface area contributed by atoms with Gasteiger partial charge >= 0.3 is 0 Å². The van der Waals surface area contributed by atoms with Crippen LogP contribution in [0.15, 0.2) is 24.3 Å². The van der Waals surface area contributed by atoms with Gasteiger partial charge in [-0.25, -0.2) is 0 Å². The molecule has 0 unspecified atom stereocenters. The van der Waals surface area contributed by atoms with E-state index in [0.29, 0.717) is 30.2 Å². The number of amides is 2. The third kappa shape index (κ3) is 3.87. The fourth-order valence-electron chi connectivity index (χ4n) is 1.98. The van der Waals surface area contributed by atoms with E-state index in [0.717, 1.165) is 0 Å². The van der Waals surface area contributed by atoms with Crippen molar-refractivity contribution in [1.29, 1.82) is 0 Å². The topological polar surface area (TPSA) is 67.4 Å². The number of halogens is 1. The fourth-order valence-corrected chi connectivity index (χ4v) is 2.16. The van der Waals surface area contributed by atoms with Gasteiger partial charge in [-0.15, -0.1) is 0 Å². The molecule has 1 aliphatic heterocycles. The Bertz CT molecular complexity index is 507. The molecule has 0 saturated carbocycles. The third-order valence-electron chi connectivity index (χ3n) is 3.04. The van der Waals surface area contributed by atoms with Gasteiger partial charge in [0.2, 0.25) is 11.8 Å². The summed E-state index contributed by atoms with van der Waals surface area (Å²) < 4.78 is 5.65. The summed E-state index contributed by atoms with van der Waals surface area (Å²) in [5.41, 5.74) is 0. The molecule has 1 heterocycles. The monoisotopic (exact) mass is 296 g/mol. The van der Waals surface area contributed by atoms with E-state index in [1.54, 1.807) is 12.1 Å². The molecule has 0 bridgehead atoms. The fraction of sp³-hybridized carbons (Fsp3) is 0.429. The largest absolute Gasteiger partial charge is 0.487 e. The minimum atomic E-state index is -0.421. The second-order valence-electron chi connectivity index (χ2n) is 4.76. The van der Waals surface area contributed by atoms with Gasteiger partial charge in [-0.05, 0) is 25.5 Å². The van der Waals surface area contributed by atoms with Crippen LogP contribution in [-0.2, 0) is 9.59 Å². The third-order valence-corrected chi connectivity index (χ3v) is 3.35. The second-order valence-corrected chi connectivity index (χ2v) is 5.17. The van der Waals surface area contributed by atoms with Crippen LogP contribution >= 0.6 is 11.6 Å². The zero-order valence-electron chi connectivity index (χ0n) is 11.2. The maximum atomic E-state index is 11.8. The molecule has 0 aliphatic carbocycles. The zero-order chi connectivity index (χ0) is 14.5. The van der Waals surface area contributed by atoms with Crippen LogP contribution in [-0.4, -0.2) is 30.5 Å². The molecule has 1 aromatic rings. The van der Waals surface area contributed by atoms with E-state index >= 15 is 0 Å². The van der Waals surface area contributed by atoms with E-state index in [1.807, 2.05) is 19.1 Å². The van der Waals surface area contributed by atoms with Crippen molar-refractivity contribution < 1.29 is 14.3 Å². The normalized spacial score (nSPS) is 19.3. The van der Waals surface area contributed by atoms with Gasteiger partial charge in [0, 0.05) is 6.42 Å². The summed E-state index contributed by atoms with van der Waals surface area (Å²) in [6.07, 6.45) is 0.740. The van der Waals surface area contributed by atoms with Crippen molar-refractivity contribution in [2.24, 2.45) is 0 Å². The standard InChI is InChI=1S/C14H17ClN2O3/c1-9(20-12-5-3-2-4-10(12)15)8-16-14(19)11-6-7-13(18)17-11/h2-5,9,11H,6-8H2,1H3,(H,16,19)(H,17,18)/t9-,11-/m1/s1. The Hall–Kier alpha value is -1.75. The Morgan fingerprint density at radius 3 is 2.95 bits per heavy atom. The molecule has 1 aromatic carbocycles. The van der Waals surface area contributed by atoms with E-state index < -0.39 is 6.04 Å². The first kappa shape index (κ1) is 14.7. The number of para-hydroxylation sites is 1. The van der Waals surface area contributed by atoms with E-state index in [-0.39, 0.29) is 17.9 Å². The summed E-state index contributed by atoms with van der Waals surface area (Å²) in [7, 11) is 0. The zero-order valence-corrected chi connectivity index (χ0v) is 11.9. The smallest absolute Gasteiger partial charge is 0.242 e. The van der Waals surface area contributed by atoms with Gasteiger partial charge in [0.25, 0.3) is 0 Å². The van der Waals surface area contributed by atoms with Crippen molar-refractivity contribution in [2.45, 2.75) is 31.9 Å². The summed E-state index contributed by atoms with van der Waals surface area (Å²) >= 11 is 5.99. The van der Waals surface area contributed by atoms with Gasteiger partial charge in [-0.1, -0.05) is 23.7 Å². The molecular weight excluding hydrogens is 280 g/mol. The average molecular weight is 297 g/mol. The molecule has 1 fully saturated rings. The highest BCUT2D eigenvalue weighted by molar-refractivity contribution is 6.32. The predicted molar refractivity (Wildman–Crippen MR) is 75.7 cm³/mol. The van der Waals surface area contributed by atoms with Crippen molar-refractivity contribution in [2.75, 3.05) is 6.54 Å². The summed E-state index contributed by atoms with van der Waals surface area (Å²) in [6.45, 7) is 2.20. The highest BCUT2D eigenvalue weighted by Crippen LogP contribution is 2.24. The summed E-state index contributed by atoms with van der Waals surface area (Å²) in [4.78, 5) is 22.9. The molecule has 1 saturated heterocycles. The quantitative estimate of drug-likeness (QED) is 0.865. The van der Waals surface area contributed by atoms with Crippen LogP contribution in [0, 0.1) is 0 Å². The van der Waals surface area contributed by atoms with Gasteiger partial charge in [-0.2, -0.15) is 0 Å². The van der Waals surface area contributed by atoms with Crippen LogP contribution in [0.1, 0.15) is 19.8 Å². The van der Waals surface area contributed by atoms with E-state index in [2.05, 4.69) is 10.6 Å². The molecule has 6 heteroatoms. The lowest BCUT2D eigenvalue weighted by Gasteiger charge is -2.17. The van der Waals surface area contributed by atoms with Gasteiger partial charge in [-0.3, -0.25) is 9.59 Å². The first-order valence-electron chi connectivity index (χ1n) is 6.54. The number of hydrogen-bond donors (Lipinski definition) is 2. The second kappa shape index (κ2) is 6.61. The van der Waals surface area contributed by atoms with Crippen molar-refractivity contribution >= 4 is 23.4 Å². The van der Waals surface area contributed by atoms with E-state index in [9.17, 15) is 9.59 Å². The molecule has 1 aliphatic rings. The first-order valence-corrected chi connectivity index (χ1v) is 6.92.